The Morgan fingerprint density at radius 2 is 2.25 bits per heavy atom. The molecule has 1 N–H and O–H groups in total. The summed E-state index contributed by atoms with van der Waals surface area (Å²) in [6, 6.07) is 8.03. The molecule has 2 unspecified atom stereocenters. The third-order valence-electron chi connectivity index (χ3n) is 3.88. The van der Waals surface area contributed by atoms with Crippen LogP contribution in [-0.4, -0.2) is 42.2 Å². The molecule has 0 aromatic heterocycles. The molecule has 4 heteroatoms. The van der Waals surface area contributed by atoms with Crippen molar-refractivity contribution in [1.29, 1.82) is 0 Å². The molecule has 1 fully saturated rings. The second-order valence-electron chi connectivity index (χ2n) is 5.70. The smallest absolute Gasteiger partial charge is 0.308 e. The fourth-order valence-electron chi connectivity index (χ4n) is 2.75. The summed E-state index contributed by atoms with van der Waals surface area (Å²) in [6.45, 7) is 7.18. The van der Waals surface area contributed by atoms with E-state index in [4.69, 9.17) is 9.84 Å². The van der Waals surface area contributed by atoms with Gasteiger partial charge in [-0.3, -0.25) is 4.79 Å². The summed E-state index contributed by atoms with van der Waals surface area (Å²) in [5.41, 5.74) is 1.19. The Kier molecular flexibility index (Phi) is 5.01. The van der Waals surface area contributed by atoms with Crippen molar-refractivity contribution in [3.8, 4) is 5.75 Å². The van der Waals surface area contributed by atoms with Crippen LogP contribution >= 0.6 is 0 Å². The third-order valence-corrected chi connectivity index (χ3v) is 3.88. The van der Waals surface area contributed by atoms with Gasteiger partial charge in [0.05, 0.1) is 12.5 Å². The Hall–Kier alpha value is -1.55. The number of nitrogens with zero attached hydrogens (tertiary/aromatic N) is 1. The molecule has 0 aliphatic carbocycles. The van der Waals surface area contributed by atoms with Crippen LogP contribution in [0.1, 0.15) is 18.9 Å². The number of benzene rings is 1. The number of hydrogen-bond donors (Lipinski definition) is 1. The Balaban J connectivity index is 1.68. The van der Waals surface area contributed by atoms with Gasteiger partial charge < -0.3 is 14.7 Å². The molecule has 1 saturated heterocycles. The van der Waals surface area contributed by atoms with Gasteiger partial charge in [-0.15, -0.1) is 0 Å². The maximum absolute atomic E-state index is 11.1. The molecule has 1 heterocycles. The first kappa shape index (κ1) is 14.9. The number of likely N-dealkylation sites (tertiary alicyclic amines) is 1. The summed E-state index contributed by atoms with van der Waals surface area (Å²) in [5, 5.41) is 9.10. The second-order valence-corrected chi connectivity index (χ2v) is 5.70. The van der Waals surface area contributed by atoms with Crippen molar-refractivity contribution in [3.05, 3.63) is 29.8 Å². The van der Waals surface area contributed by atoms with Crippen molar-refractivity contribution in [2.24, 2.45) is 11.8 Å². The lowest BCUT2D eigenvalue weighted by Crippen LogP contribution is -2.25. The van der Waals surface area contributed by atoms with E-state index in [1.165, 1.54) is 5.56 Å². The summed E-state index contributed by atoms with van der Waals surface area (Å²) in [7, 11) is 0. The van der Waals surface area contributed by atoms with E-state index in [9.17, 15) is 4.79 Å². The maximum Gasteiger partial charge on any atom is 0.308 e. The zero-order valence-corrected chi connectivity index (χ0v) is 12.2. The summed E-state index contributed by atoms with van der Waals surface area (Å²) in [6.07, 6.45) is 0.924. The summed E-state index contributed by atoms with van der Waals surface area (Å²) in [5.74, 6) is 0.261. The molecule has 1 aromatic rings. The predicted octanol–water partition coefficient (Wildman–Crippen LogP) is 2.42. The maximum atomic E-state index is 11.1. The van der Waals surface area contributed by atoms with Crippen molar-refractivity contribution in [2.45, 2.75) is 20.3 Å². The van der Waals surface area contributed by atoms with Gasteiger partial charge >= 0.3 is 5.97 Å². The average Bonchev–Trinajstić information content (AvgIpc) is 2.76. The van der Waals surface area contributed by atoms with E-state index in [-0.39, 0.29) is 11.8 Å². The van der Waals surface area contributed by atoms with Gasteiger partial charge in [-0.1, -0.05) is 19.1 Å². The highest BCUT2D eigenvalue weighted by Crippen LogP contribution is 2.23. The fraction of sp³-hybridized carbons (Fsp3) is 0.562. The standard InChI is InChI=1S/C16H23NO3/c1-12-5-3-6-14(9-12)20-8-4-7-17-10-13(2)15(11-17)16(18)19/h3,5-6,9,13,15H,4,7-8,10-11H2,1-2H3,(H,18,19). The topological polar surface area (TPSA) is 49.8 Å². The van der Waals surface area contributed by atoms with Gasteiger partial charge in [0.25, 0.3) is 0 Å². The van der Waals surface area contributed by atoms with Gasteiger partial charge in [0.1, 0.15) is 5.75 Å². The van der Waals surface area contributed by atoms with E-state index in [1.807, 2.05) is 38.1 Å². The first-order valence-corrected chi connectivity index (χ1v) is 7.21. The summed E-state index contributed by atoms with van der Waals surface area (Å²) < 4.78 is 5.70. The molecule has 2 atom stereocenters. The molecule has 0 bridgehead atoms. The number of carbonyl (C=O) groups is 1. The van der Waals surface area contributed by atoms with Crippen LogP contribution in [0.15, 0.2) is 24.3 Å². The number of carboxylic acids is 1. The predicted molar refractivity (Wildman–Crippen MR) is 78.0 cm³/mol. The molecule has 4 nitrogen and oxygen atoms in total. The zero-order valence-electron chi connectivity index (χ0n) is 12.2. The first-order valence-electron chi connectivity index (χ1n) is 7.21. The highest BCUT2D eigenvalue weighted by Gasteiger charge is 2.34. The number of ether oxygens (including phenoxy) is 1. The van der Waals surface area contributed by atoms with Crippen LogP contribution in [0.5, 0.6) is 5.75 Å². The third kappa shape index (κ3) is 3.97. The first-order chi connectivity index (χ1) is 9.56. The van der Waals surface area contributed by atoms with E-state index < -0.39 is 5.97 Å². The molecule has 0 saturated carbocycles. The fourth-order valence-corrected chi connectivity index (χ4v) is 2.75. The van der Waals surface area contributed by atoms with Crippen molar-refractivity contribution in [3.63, 3.8) is 0 Å². The molecule has 110 valence electrons. The van der Waals surface area contributed by atoms with Gasteiger partial charge in [-0.25, -0.2) is 0 Å². The van der Waals surface area contributed by atoms with Crippen LogP contribution in [-0.2, 0) is 4.79 Å². The monoisotopic (exact) mass is 277 g/mol. The normalized spacial score (nSPS) is 22.9. The van der Waals surface area contributed by atoms with E-state index in [0.717, 1.165) is 25.3 Å². The molecule has 20 heavy (non-hydrogen) atoms. The van der Waals surface area contributed by atoms with Gasteiger partial charge in [-0.2, -0.15) is 0 Å². The molecular weight excluding hydrogens is 254 g/mol. The highest BCUT2D eigenvalue weighted by molar-refractivity contribution is 5.71. The van der Waals surface area contributed by atoms with Gasteiger partial charge in [0.15, 0.2) is 0 Å². The van der Waals surface area contributed by atoms with Gasteiger partial charge in [-0.05, 0) is 37.0 Å². The van der Waals surface area contributed by atoms with Crippen LogP contribution in [0.25, 0.3) is 0 Å². The number of rotatable bonds is 6. The number of carboxylic acid groups (broad SMARTS) is 1. The molecule has 0 radical (unpaired) electrons. The minimum atomic E-state index is -0.670. The lowest BCUT2D eigenvalue weighted by molar-refractivity contribution is -0.142. The van der Waals surface area contributed by atoms with Crippen LogP contribution in [0.3, 0.4) is 0 Å². The van der Waals surface area contributed by atoms with Crippen LogP contribution in [0.2, 0.25) is 0 Å². The number of aryl methyl sites for hydroxylation is 1. The van der Waals surface area contributed by atoms with Crippen molar-refractivity contribution >= 4 is 5.97 Å². The van der Waals surface area contributed by atoms with E-state index in [2.05, 4.69) is 4.90 Å². The Morgan fingerprint density at radius 3 is 2.90 bits per heavy atom. The highest BCUT2D eigenvalue weighted by atomic mass is 16.5. The molecule has 0 spiro atoms. The minimum Gasteiger partial charge on any atom is -0.494 e. The average molecular weight is 277 g/mol. The van der Waals surface area contributed by atoms with Crippen molar-refractivity contribution < 1.29 is 14.6 Å². The largest absolute Gasteiger partial charge is 0.494 e. The molecule has 1 aliphatic rings. The van der Waals surface area contributed by atoms with Crippen molar-refractivity contribution in [2.75, 3.05) is 26.2 Å². The van der Waals surface area contributed by atoms with Crippen LogP contribution < -0.4 is 4.74 Å². The van der Waals surface area contributed by atoms with Crippen molar-refractivity contribution in [1.82, 2.24) is 4.90 Å². The van der Waals surface area contributed by atoms with E-state index in [1.54, 1.807) is 0 Å². The minimum absolute atomic E-state index is 0.215. The number of aliphatic carboxylic acids is 1. The Bertz CT molecular complexity index is 461. The molecule has 1 aliphatic heterocycles. The summed E-state index contributed by atoms with van der Waals surface area (Å²) in [4.78, 5) is 13.3. The van der Waals surface area contributed by atoms with Gasteiger partial charge in [0, 0.05) is 19.6 Å². The molecule has 2 rings (SSSR count). The lowest BCUT2D eigenvalue weighted by atomic mass is 9.99. The van der Waals surface area contributed by atoms with E-state index >= 15 is 0 Å². The molecular formula is C16H23NO3. The van der Waals surface area contributed by atoms with Crippen LogP contribution in [0, 0.1) is 18.8 Å². The number of hydrogen-bond acceptors (Lipinski definition) is 3. The lowest BCUT2D eigenvalue weighted by Gasteiger charge is -2.15. The molecule has 1 aromatic carbocycles. The quantitative estimate of drug-likeness (QED) is 0.811. The van der Waals surface area contributed by atoms with Crippen LogP contribution in [0.4, 0.5) is 0 Å². The SMILES string of the molecule is Cc1cccc(OCCCN2CC(C)C(C(=O)O)C2)c1. The van der Waals surface area contributed by atoms with Gasteiger partial charge in [0.2, 0.25) is 0 Å². The summed E-state index contributed by atoms with van der Waals surface area (Å²) >= 11 is 0. The van der Waals surface area contributed by atoms with E-state index in [0.29, 0.717) is 13.2 Å². The Labute approximate surface area is 120 Å². The Morgan fingerprint density at radius 1 is 1.45 bits per heavy atom. The molecule has 0 amide bonds. The zero-order chi connectivity index (χ0) is 14.5. The second kappa shape index (κ2) is 6.75.